The van der Waals surface area contributed by atoms with Crippen molar-refractivity contribution in [3.8, 4) is 11.8 Å². The fourth-order valence-electron chi connectivity index (χ4n) is 3.38. The van der Waals surface area contributed by atoms with Crippen LogP contribution in [-0.2, 0) is 21.1 Å². The van der Waals surface area contributed by atoms with E-state index in [1.165, 1.54) is 17.0 Å². The second kappa shape index (κ2) is 10.3. The van der Waals surface area contributed by atoms with Crippen molar-refractivity contribution >= 4 is 21.9 Å². The van der Waals surface area contributed by atoms with Gasteiger partial charge in [-0.15, -0.1) is 0 Å². The van der Waals surface area contributed by atoms with Gasteiger partial charge in [0.2, 0.25) is 11.8 Å². The molecule has 0 aliphatic carbocycles. The fraction of sp³-hybridized carbons (Fsp3) is 0.429. The van der Waals surface area contributed by atoms with Crippen LogP contribution in [0.25, 0.3) is 0 Å². The number of nitrogens with two attached hydrogens (primary N) is 1. The molecular weight excluding hydrogens is 471 g/mol. The van der Waals surface area contributed by atoms with Crippen LogP contribution in [0.15, 0.2) is 29.4 Å². The van der Waals surface area contributed by atoms with Crippen LogP contribution in [0.2, 0.25) is 0 Å². The summed E-state index contributed by atoms with van der Waals surface area (Å²) in [5, 5.41) is 9.04. The Balaban J connectivity index is 1.63. The van der Waals surface area contributed by atoms with Crippen molar-refractivity contribution in [3.05, 3.63) is 41.5 Å². The van der Waals surface area contributed by atoms with Crippen molar-refractivity contribution in [2.24, 2.45) is 5.73 Å². The molecule has 1 amide bonds. The highest BCUT2D eigenvalue weighted by atomic mass is 32.2. The highest BCUT2D eigenvalue weighted by Gasteiger charge is 2.26. The van der Waals surface area contributed by atoms with E-state index in [4.69, 9.17) is 20.3 Å². The summed E-state index contributed by atoms with van der Waals surface area (Å²) in [5.74, 6) is -1.54. The maximum atomic E-state index is 14.3. The third-order valence-electron chi connectivity index (χ3n) is 5.37. The minimum Gasteiger partial charge on any atom is -0.474 e. The molecule has 0 radical (unpaired) electrons. The second-order valence-corrected chi connectivity index (χ2v) is 9.97. The van der Waals surface area contributed by atoms with Gasteiger partial charge < -0.3 is 25.2 Å². The minimum atomic E-state index is -3.57. The Bertz CT molecular complexity index is 1180. The summed E-state index contributed by atoms with van der Waals surface area (Å²) in [6.07, 6.45) is 1.64. The first kappa shape index (κ1) is 25.3. The molecule has 1 aliphatic rings. The van der Waals surface area contributed by atoms with Crippen molar-refractivity contribution in [3.63, 3.8) is 0 Å². The summed E-state index contributed by atoms with van der Waals surface area (Å²) in [6, 6.07) is 2.14. The molecule has 3 rings (SSSR count). The first-order chi connectivity index (χ1) is 16.0. The number of carbonyl (C=O) groups is 2. The number of rotatable bonds is 7. The molecule has 1 aromatic carbocycles. The molecule has 2 heterocycles. The summed E-state index contributed by atoms with van der Waals surface area (Å²) in [7, 11) is -3.57. The number of carbonyl (C=O) groups excluding carboxylic acids is 1. The first-order valence-electron chi connectivity index (χ1n) is 10.4. The number of likely N-dealkylation sites (tertiary alicyclic amines) is 1. The lowest BCUT2D eigenvalue weighted by molar-refractivity contribution is -0.136. The van der Waals surface area contributed by atoms with E-state index in [1.54, 1.807) is 6.92 Å². The van der Waals surface area contributed by atoms with Gasteiger partial charge in [0.25, 0.3) is 0 Å². The molecule has 2 aromatic rings. The Morgan fingerprint density at radius 3 is 2.50 bits per heavy atom. The summed E-state index contributed by atoms with van der Waals surface area (Å²) < 4.78 is 48.5. The lowest BCUT2D eigenvalue weighted by Crippen LogP contribution is -2.41. The summed E-state index contributed by atoms with van der Waals surface area (Å²) in [4.78, 5) is 32.6. The fourth-order valence-corrected chi connectivity index (χ4v) is 4.01. The zero-order valence-corrected chi connectivity index (χ0v) is 19.4. The number of esters is 1. The number of amides is 1. The van der Waals surface area contributed by atoms with Gasteiger partial charge in [-0.2, -0.15) is 0 Å². The Morgan fingerprint density at radius 1 is 1.26 bits per heavy atom. The minimum absolute atomic E-state index is 0.0629. The van der Waals surface area contributed by atoms with Crippen LogP contribution in [0.3, 0.4) is 0 Å². The standard InChI is InChI=1S/C21H25FN4O7S/c1-12-18(32-14-5-7-26(8-6-14)21(28)29)24-11-25-19(12)33-20(27)17(23)9-13-3-4-15(10-16(13)22)34(2,30)31/h3-4,10-11,14,17H,5-9,23H2,1-2H3,(H,28,29)/t17-/m0/s1. The zero-order valence-electron chi connectivity index (χ0n) is 18.6. The van der Waals surface area contributed by atoms with Crippen molar-refractivity contribution < 1.29 is 37.0 Å². The van der Waals surface area contributed by atoms with E-state index >= 15 is 0 Å². The summed E-state index contributed by atoms with van der Waals surface area (Å²) >= 11 is 0. The lowest BCUT2D eigenvalue weighted by Gasteiger charge is -2.30. The van der Waals surface area contributed by atoms with E-state index in [9.17, 15) is 22.4 Å². The molecule has 1 aromatic heterocycles. The Labute approximate surface area is 195 Å². The number of hydrogen-bond acceptors (Lipinski definition) is 9. The van der Waals surface area contributed by atoms with Gasteiger partial charge in [0.1, 0.15) is 24.3 Å². The smallest absolute Gasteiger partial charge is 0.407 e. The van der Waals surface area contributed by atoms with E-state index in [-0.39, 0.29) is 34.7 Å². The Kier molecular flexibility index (Phi) is 7.67. The molecule has 1 atom stereocenters. The highest BCUT2D eigenvalue weighted by molar-refractivity contribution is 7.90. The van der Waals surface area contributed by atoms with Crippen LogP contribution in [0.1, 0.15) is 24.0 Å². The van der Waals surface area contributed by atoms with Crippen molar-refractivity contribution in [2.75, 3.05) is 19.3 Å². The summed E-state index contributed by atoms with van der Waals surface area (Å²) in [6.45, 7) is 2.27. The number of sulfone groups is 1. The molecule has 1 aliphatic heterocycles. The third kappa shape index (κ3) is 6.17. The van der Waals surface area contributed by atoms with E-state index in [1.807, 2.05) is 0 Å². The topological polar surface area (TPSA) is 162 Å². The van der Waals surface area contributed by atoms with Gasteiger partial charge in [-0.25, -0.2) is 32.4 Å². The number of hydrogen-bond donors (Lipinski definition) is 2. The van der Waals surface area contributed by atoms with Gasteiger partial charge in [0.15, 0.2) is 9.84 Å². The maximum absolute atomic E-state index is 14.3. The second-order valence-electron chi connectivity index (χ2n) is 7.95. The van der Waals surface area contributed by atoms with Gasteiger partial charge >= 0.3 is 12.1 Å². The predicted molar refractivity (Wildman–Crippen MR) is 117 cm³/mol. The average Bonchev–Trinajstić information content (AvgIpc) is 2.77. The number of benzene rings is 1. The number of ether oxygens (including phenoxy) is 2. The number of nitrogens with zero attached hydrogens (tertiary/aromatic N) is 3. The van der Waals surface area contributed by atoms with Crippen molar-refractivity contribution in [1.82, 2.24) is 14.9 Å². The zero-order chi connectivity index (χ0) is 25.0. The van der Waals surface area contributed by atoms with Gasteiger partial charge in [0.05, 0.1) is 10.5 Å². The van der Waals surface area contributed by atoms with Crippen LogP contribution in [0.4, 0.5) is 9.18 Å². The molecule has 184 valence electrons. The quantitative estimate of drug-likeness (QED) is 0.535. The van der Waals surface area contributed by atoms with Crippen LogP contribution in [0.5, 0.6) is 11.8 Å². The van der Waals surface area contributed by atoms with Gasteiger partial charge in [-0.3, -0.25) is 0 Å². The molecule has 1 fully saturated rings. The predicted octanol–water partition coefficient (Wildman–Crippen LogP) is 1.32. The van der Waals surface area contributed by atoms with E-state index in [0.29, 0.717) is 31.5 Å². The van der Waals surface area contributed by atoms with Crippen LogP contribution in [-0.4, -0.2) is 71.9 Å². The SMILES string of the molecule is Cc1c(OC(=O)[C@@H](N)Cc2ccc(S(C)(=O)=O)cc2F)ncnc1OC1CCN(C(=O)O)CC1. The van der Waals surface area contributed by atoms with Gasteiger partial charge in [-0.1, -0.05) is 6.07 Å². The largest absolute Gasteiger partial charge is 0.474 e. The monoisotopic (exact) mass is 496 g/mol. The van der Waals surface area contributed by atoms with Crippen molar-refractivity contribution in [2.45, 2.75) is 43.2 Å². The highest BCUT2D eigenvalue weighted by Crippen LogP contribution is 2.26. The van der Waals surface area contributed by atoms with Crippen LogP contribution >= 0.6 is 0 Å². The maximum Gasteiger partial charge on any atom is 0.407 e. The molecule has 11 nitrogen and oxygen atoms in total. The number of aromatic nitrogens is 2. The third-order valence-corrected chi connectivity index (χ3v) is 6.49. The Hall–Kier alpha value is -3.32. The number of halogens is 1. The molecule has 1 saturated heterocycles. The van der Waals surface area contributed by atoms with E-state index in [0.717, 1.165) is 18.6 Å². The summed E-state index contributed by atoms with van der Waals surface area (Å²) in [5.41, 5.74) is 6.30. The normalized spacial score (nSPS) is 15.6. The van der Waals surface area contributed by atoms with Gasteiger partial charge in [0, 0.05) is 38.6 Å². The van der Waals surface area contributed by atoms with E-state index in [2.05, 4.69) is 9.97 Å². The molecule has 0 unspecified atom stereocenters. The molecule has 0 spiro atoms. The van der Waals surface area contributed by atoms with E-state index < -0.39 is 33.8 Å². The molecule has 3 N–H and O–H groups in total. The lowest BCUT2D eigenvalue weighted by atomic mass is 10.1. The molecule has 13 heteroatoms. The van der Waals surface area contributed by atoms with Crippen molar-refractivity contribution in [1.29, 1.82) is 0 Å². The average molecular weight is 497 g/mol. The van der Waals surface area contributed by atoms with Crippen LogP contribution in [0, 0.1) is 12.7 Å². The first-order valence-corrected chi connectivity index (χ1v) is 12.3. The van der Waals surface area contributed by atoms with Crippen LogP contribution < -0.4 is 15.2 Å². The number of piperidine rings is 1. The number of carboxylic acid groups (broad SMARTS) is 1. The molecule has 34 heavy (non-hydrogen) atoms. The Morgan fingerprint density at radius 2 is 1.91 bits per heavy atom. The molecular formula is C21H25FN4O7S. The van der Waals surface area contributed by atoms with Gasteiger partial charge in [-0.05, 0) is 24.6 Å². The molecule has 0 saturated carbocycles. The molecule has 0 bridgehead atoms.